The zero-order chi connectivity index (χ0) is 9.78. The molecule has 0 heterocycles. The highest BCUT2D eigenvalue weighted by Gasteiger charge is 2.38. The fourth-order valence-electron chi connectivity index (χ4n) is 0.985. The summed E-state index contributed by atoms with van der Waals surface area (Å²) in [6.45, 7) is 3.20. The van der Waals surface area contributed by atoms with E-state index >= 15 is 0 Å². The fourth-order valence-corrected chi connectivity index (χ4v) is 1.29. The number of rotatable bonds is 4. The lowest BCUT2D eigenvalue weighted by atomic mass is 9.83. The van der Waals surface area contributed by atoms with E-state index in [0.717, 1.165) is 0 Å². The van der Waals surface area contributed by atoms with Crippen LogP contribution in [0.1, 0.15) is 26.7 Å². The molecule has 0 bridgehead atoms. The number of carboxylic acids is 1. The first-order valence-corrected chi connectivity index (χ1v) is 4.24. The maximum atomic E-state index is 11.0. The Hall–Kier alpha value is -0.580. The van der Waals surface area contributed by atoms with E-state index in [0.29, 0.717) is 0 Å². The standard InChI is InChI=1S/C7H11BrO4/c1-3-7(4-2,5(9)10)6(11)12-8/h3-4H2,1-2H3,(H,9,10)/p-1. The molecule has 0 aliphatic rings. The second-order valence-corrected chi connectivity index (χ2v) is 2.77. The Labute approximate surface area is 79.4 Å². The molecule has 0 aromatic heterocycles. The maximum absolute atomic E-state index is 11.0. The van der Waals surface area contributed by atoms with Gasteiger partial charge in [0.25, 0.3) is 0 Å². The summed E-state index contributed by atoms with van der Waals surface area (Å²) in [5.74, 6) is -2.20. The van der Waals surface area contributed by atoms with E-state index in [2.05, 4.69) is 20.1 Å². The number of carboxylic acid groups (broad SMARTS) is 1. The van der Waals surface area contributed by atoms with Crippen LogP contribution in [0.4, 0.5) is 0 Å². The number of hydrogen-bond acceptors (Lipinski definition) is 4. The molecule has 0 aliphatic heterocycles. The van der Waals surface area contributed by atoms with Crippen molar-refractivity contribution in [3.05, 3.63) is 0 Å². The number of halogens is 1. The van der Waals surface area contributed by atoms with Crippen molar-refractivity contribution in [1.82, 2.24) is 0 Å². The van der Waals surface area contributed by atoms with Crippen LogP contribution in [0.25, 0.3) is 0 Å². The van der Waals surface area contributed by atoms with E-state index in [1.165, 1.54) is 0 Å². The average Bonchev–Trinajstić information content (AvgIpc) is 2.06. The summed E-state index contributed by atoms with van der Waals surface area (Å²) >= 11 is 2.46. The van der Waals surface area contributed by atoms with Crippen molar-refractivity contribution in [2.24, 2.45) is 5.41 Å². The number of carbonyl (C=O) groups excluding carboxylic acids is 2. The van der Waals surface area contributed by atoms with Crippen molar-refractivity contribution >= 4 is 28.2 Å². The van der Waals surface area contributed by atoms with Gasteiger partial charge >= 0.3 is 5.97 Å². The number of hydrogen-bond donors (Lipinski definition) is 0. The molecule has 0 amide bonds. The molecule has 5 heteroatoms. The van der Waals surface area contributed by atoms with Crippen LogP contribution in [-0.4, -0.2) is 11.9 Å². The lowest BCUT2D eigenvalue weighted by Gasteiger charge is -2.28. The first-order valence-electron chi connectivity index (χ1n) is 3.59. The minimum Gasteiger partial charge on any atom is -0.549 e. The molecule has 0 aromatic rings. The zero-order valence-electron chi connectivity index (χ0n) is 6.93. The van der Waals surface area contributed by atoms with Gasteiger partial charge in [0, 0.05) is 0 Å². The summed E-state index contributed by atoms with van der Waals surface area (Å²) in [5.41, 5.74) is -1.51. The van der Waals surface area contributed by atoms with Crippen LogP contribution < -0.4 is 5.11 Å². The van der Waals surface area contributed by atoms with E-state index in [9.17, 15) is 14.7 Å². The first-order chi connectivity index (χ1) is 5.55. The van der Waals surface area contributed by atoms with Crippen molar-refractivity contribution in [1.29, 1.82) is 0 Å². The Morgan fingerprint density at radius 1 is 1.42 bits per heavy atom. The molecule has 0 N–H and O–H groups in total. The van der Waals surface area contributed by atoms with Gasteiger partial charge in [0.05, 0.1) is 5.97 Å². The van der Waals surface area contributed by atoms with Gasteiger partial charge in [-0.3, -0.25) is 4.79 Å². The average molecular weight is 238 g/mol. The molecule has 70 valence electrons. The Morgan fingerprint density at radius 2 is 1.83 bits per heavy atom. The molecule has 12 heavy (non-hydrogen) atoms. The number of carbonyl (C=O) groups is 2. The van der Waals surface area contributed by atoms with Crippen molar-refractivity contribution < 1.29 is 18.5 Å². The first kappa shape index (κ1) is 11.4. The summed E-state index contributed by atoms with van der Waals surface area (Å²) in [7, 11) is 0. The van der Waals surface area contributed by atoms with Gasteiger partial charge in [-0.25, -0.2) is 0 Å². The summed E-state index contributed by atoms with van der Waals surface area (Å²) in [6.07, 6.45) is 0.326. The highest BCUT2D eigenvalue weighted by atomic mass is 79.9. The highest BCUT2D eigenvalue weighted by Crippen LogP contribution is 2.28. The lowest BCUT2D eigenvalue weighted by molar-refractivity contribution is -0.318. The molecule has 0 fully saturated rings. The van der Waals surface area contributed by atoms with Crippen LogP contribution in [-0.2, 0) is 13.4 Å². The minimum absolute atomic E-state index is 0.163. The second kappa shape index (κ2) is 4.45. The van der Waals surface area contributed by atoms with E-state index in [1.54, 1.807) is 13.8 Å². The summed E-state index contributed by atoms with van der Waals surface area (Å²) < 4.78 is 4.21. The largest absolute Gasteiger partial charge is 0.549 e. The molecule has 0 saturated heterocycles. The van der Waals surface area contributed by atoms with E-state index in [4.69, 9.17) is 0 Å². The summed E-state index contributed by atoms with van der Waals surface area (Å²) in [6, 6.07) is 0. The molecular formula is C7H10BrO4-. The van der Waals surface area contributed by atoms with Gasteiger partial charge in [-0.1, -0.05) is 13.8 Å². The fraction of sp³-hybridized carbons (Fsp3) is 0.714. The van der Waals surface area contributed by atoms with Crippen molar-refractivity contribution in [2.45, 2.75) is 26.7 Å². The van der Waals surface area contributed by atoms with E-state index < -0.39 is 17.4 Å². The van der Waals surface area contributed by atoms with E-state index in [1.807, 2.05) is 0 Å². The summed E-state index contributed by atoms with van der Waals surface area (Å²) in [4.78, 5) is 21.7. The van der Waals surface area contributed by atoms with Crippen molar-refractivity contribution in [2.75, 3.05) is 0 Å². The monoisotopic (exact) mass is 237 g/mol. The SMILES string of the molecule is CCC(CC)(C(=O)[O-])C(=O)OBr. The van der Waals surface area contributed by atoms with Crippen molar-refractivity contribution in [3.8, 4) is 0 Å². The van der Waals surface area contributed by atoms with Gasteiger partial charge < -0.3 is 13.7 Å². The Bertz CT molecular complexity index is 186. The van der Waals surface area contributed by atoms with E-state index in [-0.39, 0.29) is 12.8 Å². The van der Waals surface area contributed by atoms with Gasteiger partial charge in [0.2, 0.25) is 0 Å². The van der Waals surface area contributed by atoms with Gasteiger partial charge in [0.1, 0.15) is 5.41 Å². The predicted molar refractivity (Wildman–Crippen MR) is 43.0 cm³/mol. The summed E-state index contributed by atoms with van der Waals surface area (Å²) in [5, 5.41) is 10.7. The molecule has 0 saturated carbocycles. The topological polar surface area (TPSA) is 66.4 Å². The molecule has 0 aliphatic carbocycles. The third kappa shape index (κ3) is 1.77. The molecule has 4 nitrogen and oxygen atoms in total. The van der Waals surface area contributed by atoms with Gasteiger partial charge in [0.15, 0.2) is 16.3 Å². The van der Waals surface area contributed by atoms with Crippen LogP contribution in [0.3, 0.4) is 0 Å². The number of aliphatic carboxylic acids is 1. The Balaban J connectivity index is 4.82. The smallest absolute Gasteiger partial charge is 0.329 e. The van der Waals surface area contributed by atoms with Gasteiger partial charge in [-0.2, -0.15) is 0 Å². The molecule has 0 spiro atoms. The maximum Gasteiger partial charge on any atom is 0.329 e. The quantitative estimate of drug-likeness (QED) is 0.664. The molecule has 0 rings (SSSR count). The van der Waals surface area contributed by atoms with Crippen LogP contribution in [0.5, 0.6) is 0 Å². The normalized spacial score (nSPS) is 10.9. The zero-order valence-corrected chi connectivity index (χ0v) is 8.51. The van der Waals surface area contributed by atoms with Crippen LogP contribution >= 0.6 is 16.3 Å². The predicted octanol–water partition coefficient (Wildman–Crippen LogP) is 0.396. The molecule has 0 radical (unpaired) electrons. The van der Waals surface area contributed by atoms with Gasteiger partial charge in [-0.15, -0.1) is 0 Å². The minimum atomic E-state index is -1.51. The third-order valence-corrected chi connectivity index (χ3v) is 2.35. The Kier molecular flexibility index (Phi) is 4.23. The lowest BCUT2D eigenvalue weighted by Crippen LogP contribution is -2.47. The highest BCUT2D eigenvalue weighted by molar-refractivity contribution is 9.06. The Morgan fingerprint density at radius 3 is 1.92 bits per heavy atom. The van der Waals surface area contributed by atoms with Gasteiger partial charge in [-0.05, 0) is 12.8 Å². The molecule has 0 aromatic carbocycles. The van der Waals surface area contributed by atoms with Crippen molar-refractivity contribution in [3.63, 3.8) is 0 Å². The molecular weight excluding hydrogens is 228 g/mol. The second-order valence-electron chi connectivity index (χ2n) is 2.44. The third-order valence-electron chi connectivity index (χ3n) is 2.06. The van der Waals surface area contributed by atoms with Crippen LogP contribution in [0.15, 0.2) is 0 Å². The molecule has 0 unspecified atom stereocenters. The van der Waals surface area contributed by atoms with Crippen LogP contribution in [0, 0.1) is 5.41 Å². The van der Waals surface area contributed by atoms with Crippen LogP contribution in [0.2, 0.25) is 0 Å². The molecule has 0 atom stereocenters.